The standard InChI is InChI=1S/C19H18F3N3O4/c1-11(16(26)28-10-19(20,21)22)12-4-8-15(9-5-12)29-17(27)13-2-6-14(7-3-13)25-18(23)24/h2-9,11H,10H2,1H3,(H4,23,24,25)/t11-/m0/s1. The quantitative estimate of drug-likeness (QED) is 0.328. The summed E-state index contributed by atoms with van der Waals surface area (Å²) in [5.41, 5.74) is 11.7. The number of hydrogen-bond acceptors (Lipinski definition) is 5. The molecule has 2 rings (SSSR count). The molecule has 0 unspecified atom stereocenters. The Hall–Kier alpha value is -3.56. The Bertz CT molecular complexity index is 890. The van der Waals surface area contributed by atoms with Gasteiger partial charge in [0.2, 0.25) is 0 Å². The zero-order valence-electron chi connectivity index (χ0n) is 15.3. The van der Waals surface area contributed by atoms with Crippen molar-refractivity contribution in [2.75, 3.05) is 6.61 Å². The molecule has 0 aromatic heterocycles. The molecule has 0 bridgehead atoms. The fourth-order valence-corrected chi connectivity index (χ4v) is 2.23. The summed E-state index contributed by atoms with van der Waals surface area (Å²) in [4.78, 5) is 27.7. The molecule has 1 atom stereocenters. The second-order valence-corrected chi connectivity index (χ2v) is 5.99. The molecule has 0 saturated heterocycles. The van der Waals surface area contributed by atoms with Crippen LogP contribution in [0.25, 0.3) is 0 Å². The molecular weight excluding hydrogens is 391 g/mol. The second kappa shape index (κ2) is 9.09. The van der Waals surface area contributed by atoms with Gasteiger partial charge in [0.25, 0.3) is 0 Å². The Balaban J connectivity index is 1.98. The van der Waals surface area contributed by atoms with Gasteiger partial charge < -0.3 is 20.9 Å². The van der Waals surface area contributed by atoms with Crippen molar-refractivity contribution in [1.82, 2.24) is 0 Å². The molecule has 2 aromatic carbocycles. The molecule has 2 aromatic rings. The maximum absolute atomic E-state index is 12.2. The number of benzene rings is 2. The monoisotopic (exact) mass is 409 g/mol. The van der Waals surface area contributed by atoms with Crippen LogP contribution in [0.15, 0.2) is 53.5 Å². The average Bonchev–Trinajstić information content (AvgIpc) is 2.65. The van der Waals surface area contributed by atoms with Crippen molar-refractivity contribution in [2.45, 2.75) is 19.0 Å². The summed E-state index contributed by atoms with van der Waals surface area (Å²) >= 11 is 0. The Morgan fingerprint density at radius 1 is 1.03 bits per heavy atom. The van der Waals surface area contributed by atoms with E-state index in [1.165, 1.54) is 55.5 Å². The summed E-state index contributed by atoms with van der Waals surface area (Å²) in [5.74, 6) is -2.47. The SMILES string of the molecule is C[C@H](C(=O)OCC(F)(F)F)c1ccc(OC(=O)c2ccc(N=C(N)N)cc2)cc1. The molecular formula is C19H18F3N3O4. The third-order valence-electron chi connectivity index (χ3n) is 3.68. The first kappa shape index (κ1) is 21.7. The van der Waals surface area contributed by atoms with Crippen LogP contribution in [0.1, 0.15) is 28.8 Å². The van der Waals surface area contributed by atoms with Crippen molar-refractivity contribution in [1.29, 1.82) is 0 Å². The van der Waals surface area contributed by atoms with E-state index in [9.17, 15) is 22.8 Å². The number of nitrogens with zero attached hydrogens (tertiary/aromatic N) is 1. The molecule has 10 heteroatoms. The molecule has 0 amide bonds. The van der Waals surface area contributed by atoms with Crippen molar-refractivity contribution >= 4 is 23.6 Å². The zero-order chi connectivity index (χ0) is 21.6. The van der Waals surface area contributed by atoms with Crippen LogP contribution in [0.4, 0.5) is 18.9 Å². The van der Waals surface area contributed by atoms with Gasteiger partial charge >= 0.3 is 18.1 Å². The molecule has 0 aliphatic carbocycles. The highest BCUT2D eigenvalue weighted by molar-refractivity contribution is 5.91. The van der Waals surface area contributed by atoms with Gasteiger partial charge in [-0.3, -0.25) is 4.79 Å². The van der Waals surface area contributed by atoms with Crippen LogP contribution in [-0.4, -0.2) is 30.7 Å². The lowest BCUT2D eigenvalue weighted by Gasteiger charge is -2.13. The van der Waals surface area contributed by atoms with Crippen LogP contribution < -0.4 is 16.2 Å². The van der Waals surface area contributed by atoms with Crippen LogP contribution in [0.2, 0.25) is 0 Å². The fourth-order valence-electron chi connectivity index (χ4n) is 2.23. The number of halogens is 3. The van der Waals surface area contributed by atoms with Gasteiger partial charge in [0.15, 0.2) is 12.6 Å². The highest BCUT2D eigenvalue weighted by atomic mass is 19.4. The number of carbonyl (C=O) groups is 2. The van der Waals surface area contributed by atoms with Crippen LogP contribution in [-0.2, 0) is 9.53 Å². The van der Waals surface area contributed by atoms with Gasteiger partial charge in [-0.2, -0.15) is 13.2 Å². The highest BCUT2D eigenvalue weighted by Gasteiger charge is 2.30. The molecule has 29 heavy (non-hydrogen) atoms. The van der Waals surface area contributed by atoms with Crippen molar-refractivity contribution in [3.63, 3.8) is 0 Å². The van der Waals surface area contributed by atoms with Crippen LogP contribution in [0, 0.1) is 0 Å². The number of ether oxygens (including phenoxy) is 2. The Morgan fingerprint density at radius 2 is 1.62 bits per heavy atom. The Labute approximate surface area is 164 Å². The lowest BCUT2D eigenvalue weighted by atomic mass is 10.0. The summed E-state index contributed by atoms with van der Waals surface area (Å²) in [5, 5.41) is 0. The van der Waals surface area contributed by atoms with E-state index in [1.54, 1.807) is 0 Å². The number of alkyl halides is 3. The van der Waals surface area contributed by atoms with Gasteiger partial charge in [0.05, 0.1) is 17.2 Å². The first-order valence-electron chi connectivity index (χ1n) is 8.30. The summed E-state index contributed by atoms with van der Waals surface area (Å²) in [6.07, 6.45) is -4.59. The number of nitrogens with two attached hydrogens (primary N) is 2. The van der Waals surface area contributed by atoms with Crippen molar-refractivity contribution in [3.05, 3.63) is 59.7 Å². The van der Waals surface area contributed by atoms with Gasteiger partial charge in [-0.1, -0.05) is 12.1 Å². The summed E-state index contributed by atoms with van der Waals surface area (Å²) < 4.78 is 45.8. The van der Waals surface area contributed by atoms with Crippen LogP contribution in [0.5, 0.6) is 5.75 Å². The summed E-state index contributed by atoms with van der Waals surface area (Å²) in [6, 6.07) is 11.8. The van der Waals surface area contributed by atoms with Crippen LogP contribution >= 0.6 is 0 Å². The minimum Gasteiger partial charge on any atom is -0.456 e. The molecule has 0 saturated carbocycles. The van der Waals surface area contributed by atoms with E-state index >= 15 is 0 Å². The number of guanidine groups is 1. The van der Waals surface area contributed by atoms with E-state index in [0.717, 1.165) is 0 Å². The maximum Gasteiger partial charge on any atom is 0.422 e. The van der Waals surface area contributed by atoms with E-state index in [1.807, 2.05) is 0 Å². The second-order valence-electron chi connectivity index (χ2n) is 5.99. The third kappa shape index (κ3) is 6.83. The van der Waals surface area contributed by atoms with E-state index in [-0.39, 0.29) is 17.3 Å². The first-order valence-corrected chi connectivity index (χ1v) is 8.30. The molecule has 0 radical (unpaired) electrons. The summed E-state index contributed by atoms with van der Waals surface area (Å²) in [7, 11) is 0. The Kier molecular flexibility index (Phi) is 6.81. The highest BCUT2D eigenvalue weighted by Crippen LogP contribution is 2.23. The van der Waals surface area contributed by atoms with Gasteiger partial charge in [-0.15, -0.1) is 0 Å². The van der Waals surface area contributed by atoms with E-state index in [2.05, 4.69) is 9.73 Å². The maximum atomic E-state index is 12.2. The van der Waals surface area contributed by atoms with Crippen LogP contribution in [0.3, 0.4) is 0 Å². The van der Waals surface area contributed by atoms with E-state index < -0.39 is 30.6 Å². The van der Waals surface area contributed by atoms with Gasteiger partial charge in [-0.25, -0.2) is 9.79 Å². The predicted molar refractivity (Wildman–Crippen MR) is 98.7 cm³/mol. The van der Waals surface area contributed by atoms with E-state index in [4.69, 9.17) is 16.2 Å². The first-order chi connectivity index (χ1) is 13.5. The molecule has 7 nitrogen and oxygen atoms in total. The molecule has 0 aliphatic heterocycles. The van der Waals surface area contributed by atoms with Crippen molar-refractivity contribution < 1.29 is 32.2 Å². The van der Waals surface area contributed by atoms with E-state index in [0.29, 0.717) is 11.3 Å². The molecule has 154 valence electrons. The molecule has 0 fully saturated rings. The fraction of sp³-hybridized carbons (Fsp3) is 0.211. The number of hydrogen-bond donors (Lipinski definition) is 2. The number of esters is 2. The average molecular weight is 409 g/mol. The molecule has 0 heterocycles. The van der Waals surface area contributed by atoms with Crippen molar-refractivity contribution in [3.8, 4) is 5.75 Å². The third-order valence-corrected chi connectivity index (χ3v) is 3.68. The minimum absolute atomic E-state index is 0.114. The van der Waals surface area contributed by atoms with Gasteiger partial charge in [-0.05, 0) is 48.9 Å². The molecule has 0 aliphatic rings. The molecule has 0 spiro atoms. The lowest BCUT2D eigenvalue weighted by molar-refractivity contribution is -0.187. The lowest BCUT2D eigenvalue weighted by Crippen LogP contribution is -2.23. The molecule has 4 N–H and O–H groups in total. The minimum atomic E-state index is -4.59. The summed E-state index contributed by atoms with van der Waals surface area (Å²) in [6.45, 7) is -0.230. The number of rotatable bonds is 6. The predicted octanol–water partition coefficient (Wildman–Crippen LogP) is 3.02. The number of carbonyl (C=O) groups excluding carboxylic acids is 2. The number of aliphatic imine (C=N–C) groups is 1. The van der Waals surface area contributed by atoms with Crippen molar-refractivity contribution in [2.24, 2.45) is 16.5 Å². The van der Waals surface area contributed by atoms with Gasteiger partial charge in [0, 0.05) is 0 Å². The largest absolute Gasteiger partial charge is 0.456 e. The smallest absolute Gasteiger partial charge is 0.422 e. The Morgan fingerprint density at radius 3 is 2.14 bits per heavy atom. The topological polar surface area (TPSA) is 117 Å². The van der Waals surface area contributed by atoms with Gasteiger partial charge in [0.1, 0.15) is 5.75 Å². The normalized spacial score (nSPS) is 12.0. The zero-order valence-corrected chi connectivity index (χ0v) is 15.3.